The zero-order valence-electron chi connectivity index (χ0n) is 15.5. The molecule has 140 valence electrons. The van der Waals surface area contributed by atoms with Crippen LogP contribution >= 0.6 is 12.2 Å². The Hall–Kier alpha value is -2.60. The Morgan fingerprint density at radius 3 is 2.41 bits per heavy atom. The molecule has 2 aliphatic heterocycles. The van der Waals surface area contributed by atoms with E-state index in [0.717, 1.165) is 17.5 Å². The molecule has 0 N–H and O–H groups in total. The first-order valence-corrected chi connectivity index (χ1v) is 9.43. The maximum atomic E-state index is 13.0. The number of ether oxygens (including phenoxy) is 2. The number of benzene rings is 2. The quantitative estimate of drug-likeness (QED) is 0.744. The third-order valence-electron chi connectivity index (χ3n) is 5.33. The number of carbonyl (C=O) groups excluding carboxylic acids is 1. The molecule has 2 aromatic rings. The molecule has 2 aromatic carbocycles. The summed E-state index contributed by atoms with van der Waals surface area (Å²) in [6.45, 7) is 1.23. The maximum Gasteiger partial charge on any atom is 0.251 e. The van der Waals surface area contributed by atoms with Crippen LogP contribution in [0.2, 0.25) is 0 Å². The van der Waals surface area contributed by atoms with Gasteiger partial charge in [0, 0.05) is 19.5 Å². The highest BCUT2D eigenvalue weighted by Gasteiger charge is 2.44. The van der Waals surface area contributed by atoms with Crippen LogP contribution in [-0.2, 0) is 24.2 Å². The monoisotopic (exact) mass is 382 g/mol. The molecule has 0 unspecified atom stereocenters. The zero-order chi connectivity index (χ0) is 19.0. The minimum atomic E-state index is -0.223. The van der Waals surface area contributed by atoms with Gasteiger partial charge in [0.25, 0.3) is 5.91 Å². The lowest BCUT2D eigenvalue weighted by atomic mass is 9.94. The second-order valence-electron chi connectivity index (χ2n) is 6.83. The van der Waals surface area contributed by atoms with E-state index in [2.05, 4.69) is 12.1 Å². The highest BCUT2D eigenvalue weighted by molar-refractivity contribution is 7.80. The molecule has 0 radical (unpaired) electrons. The lowest BCUT2D eigenvalue weighted by Gasteiger charge is -2.31. The van der Waals surface area contributed by atoms with E-state index in [1.165, 1.54) is 5.56 Å². The van der Waals surface area contributed by atoms with Crippen molar-refractivity contribution in [3.8, 4) is 11.5 Å². The van der Waals surface area contributed by atoms with Crippen LogP contribution in [0.15, 0.2) is 42.5 Å². The minimum absolute atomic E-state index is 0.0939. The third kappa shape index (κ3) is 3.14. The van der Waals surface area contributed by atoms with Crippen LogP contribution in [0.5, 0.6) is 11.5 Å². The highest BCUT2D eigenvalue weighted by atomic mass is 32.1. The van der Waals surface area contributed by atoms with Crippen molar-refractivity contribution in [1.82, 2.24) is 9.80 Å². The van der Waals surface area contributed by atoms with Crippen molar-refractivity contribution in [2.24, 2.45) is 0 Å². The van der Waals surface area contributed by atoms with Crippen LogP contribution in [0.25, 0.3) is 0 Å². The number of rotatable bonds is 5. The first kappa shape index (κ1) is 17.8. The predicted octanol–water partition coefficient (Wildman–Crippen LogP) is 2.80. The molecule has 27 heavy (non-hydrogen) atoms. The Bertz CT molecular complexity index is 833. The van der Waals surface area contributed by atoms with Crippen LogP contribution in [0, 0.1) is 0 Å². The van der Waals surface area contributed by atoms with Gasteiger partial charge < -0.3 is 14.4 Å². The van der Waals surface area contributed by atoms with Crippen molar-refractivity contribution in [1.29, 1.82) is 0 Å². The third-order valence-corrected chi connectivity index (χ3v) is 5.79. The number of methoxy groups -OCH3 is 2. The average Bonchev–Trinajstić information content (AvgIpc) is 2.94. The zero-order valence-corrected chi connectivity index (χ0v) is 16.3. The maximum absolute atomic E-state index is 13.0. The summed E-state index contributed by atoms with van der Waals surface area (Å²) in [6.07, 6.45) is 1.43. The Labute approximate surface area is 164 Å². The molecule has 1 atom stereocenters. The van der Waals surface area contributed by atoms with Crippen molar-refractivity contribution in [3.05, 3.63) is 59.2 Å². The molecule has 4 rings (SSSR count). The first-order chi connectivity index (χ1) is 13.1. The van der Waals surface area contributed by atoms with Gasteiger partial charge in [-0.1, -0.05) is 30.3 Å². The fourth-order valence-electron chi connectivity index (χ4n) is 3.85. The van der Waals surface area contributed by atoms with Gasteiger partial charge in [0.1, 0.15) is 6.04 Å². The molecule has 2 heterocycles. The molecule has 6 heteroatoms. The fraction of sp³-hybridized carbons (Fsp3) is 0.333. The first-order valence-electron chi connectivity index (χ1n) is 9.02. The minimum Gasteiger partial charge on any atom is -0.493 e. The molecule has 0 aromatic heterocycles. The standard InChI is InChI=1S/C21H22N2O3S/c1-25-18-11-15-10-17-20(24)22(9-8-14-6-4-3-5-7-14)21(27)23(17)13-16(15)12-19(18)26-2/h3-7,11-12,17H,8-10,13H2,1-2H3/t17-/m1/s1. The molecule has 2 aliphatic rings. The van der Waals surface area contributed by atoms with Gasteiger partial charge in [-0.3, -0.25) is 9.69 Å². The highest BCUT2D eigenvalue weighted by Crippen LogP contribution is 2.37. The molecule has 0 saturated carbocycles. The Kier molecular flexibility index (Phi) is 4.74. The second kappa shape index (κ2) is 7.19. The van der Waals surface area contributed by atoms with Gasteiger partial charge in [0.15, 0.2) is 16.6 Å². The number of carbonyl (C=O) groups is 1. The van der Waals surface area contributed by atoms with Crippen LogP contribution in [0.4, 0.5) is 0 Å². The Balaban J connectivity index is 1.55. The number of hydrogen-bond acceptors (Lipinski definition) is 4. The van der Waals surface area contributed by atoms with E-state index in [1.807, 2.05) is 35.2 Å². The molecule has 1 saturated heterocycles. The van der Waals surface area contributed by atoms with Gasteiger partial charge in [-0.25, -0.2) is 0 Å². The molecule has 0 bridgehead atoms. The van der Waals surface area contributed by atoms with Crippen molar-refractivity contribution < 1.29 is 14.3 Å². The van der Waals surface area contributed by atoms with E-state index in [9.17, 15) is 4.79 Å². The van der Waals surface area contributed by atoms with Gasteiger partial charge in [-0.05, 0) is 47.5 Å². The van der Waals surface area contributed by atoms with E-state index in [1.54, 1.807) is 19.1 Å². The molecule has 1 amide bonds. The average molecular weight is 382 g/mol. The van der Waals surface area contributed by atoms with E-state index in [-0.39, 0.29) is 11.9 Å². The summed E-state index contributed by atoms with van der Waals surface area (Å²) in [5, 5.41) is 0.626. The van der Waals surface area contributed by atoms with E-state index < -0.39 is 0 Å². The number of fused-ring (bicyclic) bond motifs is 2. The molecular weight excluding hydrogens is 360 g/mol. The molecule has 0 spiro atoms. The number of thiocarbonyl (C=S) groups is 1. The second-order valence-corrected chi connectivity index (χ2v) is 7.20. The summed E-state index contributed by atoms with van der Waals surface area (Å²) in [5.74, 6) is 1.49. The number of amides is 1. The van der Waals surface area contributed by atoms with Gasteiger partial charge in [0.05, 0.1) is 14.2 Å². The van der Waals surface area contributed by atoms with Crippen LogP contribution in [0.3, 0.4) is 0 Å². The summed E-state index contributed by atoms with van der Waals surface area (Å²) in [4.78, 5) is 16.8. The summed E-state index contributed by atoms with van der Waals surface area (Å²) in [7, 11) is 3.26. The molecule has 1 fully saturated rings. The van der Waals surface area contributed by atoms with Crippen LogP contribution in [0.1, 0.15) is 16.7 Å². The van der Waals surface area contributed by atoms with Gasteiger partial charge >= 0.3 is 0 Å². The smallest absolute Gasteiger partial charge is 0.251 e. The van der Waals surface area contributed by atoms with E-state index >= 15 is 0 Å². The van der Waals surface area contributed by atoms with Crippen molar-refractivity contribution in [3.63, 3.8) is 0 Å². The fourth-order valence-corrected chi connectivity index (χ4v) is 4.23. The normalized spacial score (nSPS) is 18.4. The largest absolute Gasteiger partial charge is 0.493 e. The summed E-state index contributed by atoms with van der Waals surface area (Å²) >= 11 is 5.64. The SMILES string of the molecule is COc1cc2c(cc1OC)CN1C(=S)N(CCc3ccccc3)C(=O)[C@H]1C2. The summed E-state index contributed by atoms with van der Waals surface area (Å²) in [5.41, 5.74) is 3.45. The lowest BCUT2D eigenvalue weighted by molar-refractivity contribution is -0.128. The van der Waals surface area contributed by atoms with Gasteiger partial charge in [-0.15, -0.1) is 0 Å². The number of nitrogens with zero attached hydrogens (tertiary/aromatic N) is 2. The molecular formula is C21H22N2O3S. The Morgan fingerprint density at radius 1 is 1.07 bits per heavy atom. The number of hydrogen-bond donors (Lipinski definition) is 0. The van der Waals surface area contributed by atoms with Crippen LogP contribution < -0.4 is 9.47 Å². The molecule has 5 nitrogen and oxygen atoms in total. The Morgan fingerprint density at radius 2 is 1.74 bits per heavy atom. The summed E-state index contributed by atoms with van der Waals surface area (Å²) < 4.78 is 10.8. The molecule has 0 aliphatic carbocycles. The lowest BCUT2D eigenvalue weighted by Crippen LogP contribution is -2.40. The van der Waals surface area contributed by atoms with E-state index in [0.29, 0.717) is 36.1 Å². The predicted molar refractivity (Wildman–Crippen MR) is 107 cm³/mol. The van der Waals surface area contributed by atoms with Crippen LogP contribution in [-0.4, -0.2) is 47.6 Å². The van der Waals surface area contributed by atoms with Gasteiger partial charge in [0.2, 0.25) is 0 Å². The van der Waals surface area contributed by atoms with Crippen molar-refractivity contribution >= 4 is 23.2 Å². The van der Waals surface area contributed by atoms with Crippen molar-refractivity contribution in [2.75, 3.05) is 20.8 Å². The topological polar surface area (TPSA) is 42.0 Å². The van der Waals surface area contributed by atoms with E-state index in [4.69, 9.17) is 21.7 Å². The van der Waals surface area contributed by atoms with Gasteiger partial charge in [-0.2, -0.15) is 0 Å². The van der Waals surface area contributed by atoms with Crippen molar-refractivity contribution in [2.45, 2.75) is 25.4 Å². The summed E-state index contributed by atoms with van der Waals surface area (Å²) in [6, 6.07) is 13.9.